The first kappa shape index (κ1) is 40.7. The maximum Gasteiger partial charge on any atom is 0.293 e. The Morgan fingerprint density at radius 2 is 1.76 bits per heavy atom. The number of nitrogens with one attached hydrogen (secondary N) is 1. The van der Waals surface area contributed by atoms with E-state index in [1.54, 1.807) is 32.1 Å². The number of nitrogens with zero attached hydrogens (tertiary/aromatic N) is 6. The van der Waals surface area contributed by atoms with Crippen LogP contribution in [-0.4, -0.2) is 72.6 Å². The second-order valence-corrected chi connectivity index (χ2v) is 15.8. The molecular weight excluding hydrogens is 790 g/mol. The number of fused-ring (bicyclic) bond motifs is 4. The number of anilines is 1. The van der Waals surface area contributed by atoms with E-state index in [1.165, 1.54) is 36.7 Å². The molecule has 18 heteroatoms. The number of primary amides is 1. The van der Waals surface area contributed by atoms with Gasteiger partial charge >= 0.3 is 0 Å². The number of carbonyl (C=O) groups excluding carboxylic acids is 2. The minimum Gasteiger partial charge on any atom is -0.378 e. The van der Waals surface area contributed by atoms with Gasteiger partial charge in [0.25, 0.3) is 12.3 Å². The van der Waals surface area contributed by atoms with Crippen LogP contribution in [0.15, 0.2) is 42.5 Å². The molecule has 4 N–H and O–H groups in total. The quantitative estimate of drug-likeness (QED) is 0.101. The van der Waals surface area contributed by atoms with Gasteiger partial charge < -0.3 is 21.1 Å². The summed E-state index contributed by atoms with van der Waals surface area (Å²) in [6.07, 6.45) is -3.85. The fourth-order valence-electron chi connectivity index (χ4n) is 7.86. The van der Waals surface area contributed by atoms with Crippen molar-refractivity contribution in [2.45, 2.75) is 62.5 Å². The SMILES string of the molecule is CN(C)CC(=O)Nc1nn(C)c2c(-c3ccc(C#CC(C)(C)O)nc3[C@@H](Cc3cc(F)cc(F)c3)C(C(N)=O)n3nc(C(F)F)c4c3C(F)(F)[C@@H]3C[C@H]43)ccc(Cl)c12. The Balaban J connectivity index is 1.53. The van der Waals surface area contributed by atoms with Crippen LogP contribution in [0.4, 0.5) is 32.2 Å². The normalized spacial score (nSPS) is 17.8. The third kappa shape index (κ3) is 7.51. The number of aliphatic hydroxyl groups is 1. The second kappa shape index (κ2) is 14.7. The average Bonchev–Trinajstić information content (AvgIpc) is 3.63. The first-order chi connectivity index (χ1) is 27.2. The number of pyridine rings is 1. The van der Waals surface area contributed by atoms with Gasteiger partial charge in [-0.05, 0) is 88.5 Å². The van der Waals surface area contributed by atoms with Crippen LogP contribution in [0.5, 0.6) is 0 Å². The van der Waals surface area contributed by atoms with Gasteiger partial charge in [0, 0.05) is 41.6 Å². The maximum atomic E-state index is 16.1. The van der Waals surface area contributed by atoms with E-state index in [0.29, 0.717) is 27.2 Å². The Labute approximate surface area is 333 Å². The van der Waals surface area contributed by atoms with Crippen molar-refractivity contribution < 1.29 is 41.0 Å². The first-order valence-electron chi connectivity index (χ1n) is 18.1. The van der Waals surface area contributed by atoms with Crippen molar-refractivity contribution in [3.05, 3.63) is 93.0 Å². The van der Waals surface area contributed by atoms with Crippen molar-refractivity contribution >= 4 is 40.1 Å². The summed E-state index contributed by atoms with van der Waals surface area (Å²) < 4.78 is 92.9. The van der Waals surface area contributed by atoms with Crippen molar-refractivity contribution in [2.24, 2.45) is 18.7 Å². The summed E-state index contributed by atoms with van der Waals surface area (Å²) in [6.45, 7) is 2.86. The Morgan fingerprint density at radius 1 is 1.09 bits per heavy atom. The topological polar surface area (TPSA) is 144 Å². The molecule has 5 aromatic rings. The zero-order valence-electron chi connectivity index (χ0n) is 31.7. The lowest BCUT2D eigenvalue weighted by Crippen LogP contribution is -2.37. The number of benzene rings is 2. The predicted octanol–water partition coefficient (Wildman–Crippen LogP) is 6.59. The molecule has 2 aromatic carbocycles. The molecule has 1 fully saturated rings. The Bertz CT molecular complexity index is 2530. The van der Waals surface area contributed by atoms with E-state index in [4.69, 9.17) is 22.3 Å². The summed E-state index contributed by atoms with van der Waals surface area (Å²) in [5.74, 6) is -5.60. The molecule has 2 amide bonds. The van der Waals surface area contributed by atoms with Crippen LogP contribution in [0.1, 0.15) is 78.5 Å². The monoisotopic (exact) mass is 826 g/mol. The van der Waals surface area contributed by atoms with Crippen LogP contribution < -0.4 is 11.1 Å². The molecule has 58 heavy (non-hydrogen) atoms. The van der Waals surface area contributed by atoms with E-state index < -0.39 is 83.0 Å². The van der Waals surface area contributed by atoms with Crippen LogP contribution in [-0.2, 0) is 29.0 Å². The lowest BCUT2D eigenvalue weighted by Gasteiger charge is -2.29. The molecular formula is C40H37ClF6N8O3. The number of aromatic nitrogens is 5. The summed E-state index contributed by atoms with van der Waals surface area (Å²) in [6, 6.07) is 6.68. The number of hydrogen-bond donors (Lipinski definition) is 3. The number of halogens is 7. The number of hydrogen-bond acceptors (Lipinski definition) is 7. The van der Waals surface area contributed by atoms with Gasteiger partial charge in [-0.1, -0.05) is 23.6 Å². The van der Waals surface area contributed by atoms with Crippen molar-refractivity contribution in [2.75, 3.05) is 26.0 Å². The molecule has 1 saturated carbocycles. The smallest absolute Gasteiger partial charge is 0.293 e. The van der Waals surface area contributed by atoms with E-state index in [-0.39, 0.29) is 51.9 Å². The van der Waals surface area contributed by atoms with E-state index in [9.17, 15) is 32.3 Å². The molecule has 3 aromatic heterocycles. The Kier molecular flexibility index (Phi) is 10.4. The molecule has 1 unspecified atom stereocenters. The van der Waals surface area contributed by atoms with Crippen LogP contribution in [0.3, 0.4) is 0 Å². The van der Waals surface area contributed by atoms with Gasteiger partial charge in [0.2, 0.25) is 11.8 Å². The van der Waals surface area contributed by atoms with Gasteiger partial charge in [-0.25, -0.2) is 27.2 Å². The highest BCUT2D eigenvalue weighted by atomic mass is 35.5. The van der Waals surface area contributed by atoms with Gasteiger partial charge in [0.15, 0.2) is 5.82 Å². The average molecular weight is 827 g/mol. The molecule has 3 heterocycles. The fourth-order valence-corrected chi connectivity index (χ4v) is 8.10. The highest BCUT2D eigenvalue weighted by molar-refractivity contribution is 6.37. The molecule has 11 nitrogen and oxygen atoms in total. The van der Waals surface area contributed by atoms with E-state index >= 15 is 8.78 Å². The third-order valence-electron chi connectivity index (χ3n) is 10.2. The molecule has 0 aliphatic heterocycles. The number of carbonyl (C=O) groups is 2. The lowest BCUT2D eigenvalue weighted by molar-refractivity contribution is -0.122. The zero-order valence-corrected chi connectivity index (χ0v) is 32.5. The third-order valence-corrected chi connectivity index (χ3v) is 10.5. The summed E-state index contributed by atoms with van der Waals surface area (Å²) in [7, 11) is 4.98. The fraction of sp³-hybridized carbons (Fsp3) is 0.375. The summed E-state index contributed by atoms with van der Waals surface area (Å²) >= 11 is 6.72. The Morgan fingerprint density at radius 3 is 2.38 bits per heavy atom. The maximum absolute atomic E-state index is 16.1. The van der Waals surface area contributed by atoms with Crippen molar-refractivity contribution in [1.29, 1.82) is 0 Å². The molecule has 0 bridgehead atoms. The standard InChI is InChI=1S/C40H37ClF6N8O3/c1-39(2,58)11-10-21-6-7-22(23-8-9-27(41)30-33(23)54(5)52-38(30)50-28(56)17-53(3)4)31(49-21)25(14-18-12-19(42)15-20(43)13-18)34(37(48)57)55-35-29(32(51-55)36(44)45)24-16-26(24)40(35,46)47/h6-9,12-13,15,24-26,34,36,58H,14,16-17H2,1-5H3,(H2,48,57)(H,50,52,56)/t24-,25+,26+,34?/m0/s1. The second-order valence-electron chi connectivity index (χ2n) is 15.4. The van der Waals surface area contributed by atoms with E-state index in [0.717, 1.165) is 12.1 Å². The molecule has 0 saturated heterocycles. The number of alkyl halides is 4. The number of nitrogens with two attached hydrogens (primary N) is 1. The van der Waals surface area contributed by atoms with Crippen molar-refractivity contribution in [3.63, 3.8) is 0 Å². The van der Waals surface area contributed by atoms with E-state index in [2.05, 4.69) is 27.4 Å². The van der Waals surface area contributed by atoms with Gasteiger partial charge in [-0.3, -0.25) is 14.3 Å². The first-order valence-corrected chi connectivity index (χ1v) is 18.4. The molecule has 304 valence electrons. The minimum atomic E-state index is -3.68. The number of aryl methyl sites for hydroxylation is 1. The molecule has 7 rings (SSSR count). The largest absolute Gasteiger partial charge is 0.378 e. The molecule has 4 atom stereocenters. The van der Waals surface area contributed by atoms with Crippen molar-refractivity contribution in [3.8, 4) is 23.0 Å². The molecule has 2 aliphatic rings. The molecule has 2 aliphatic carbocycles. The summed E-state index contributed by atoms with van der Waals surface area (Å²) in [5.41, 5.74) is 3.11. The summed E-state index contributed by atoms with van der Waals surface area (Å²) in [4.78, 5) is 33.1. The van der Waals surface area contributed by atoms with Crippen LogP contribution in [0.25, 0.3) is 22.0 Å². The highest BCUT2D eigenvalue weighted by Gasteiger charge is 2.67. The minimum absolute atomic E-state index is 0.0110. The van der Waals surface area contributed by atoms with E-state index in [1.807, 2.05) is 0 Å². The zero-order chi connectivity index (χ0) is 42.2. The molecule has 0 spiro atoms. The number of amides is 2. The van der Waals surface area contributed by atoms with Crippen LogP contribution in [0.2, 0.25) is 5.02 Å². The van der Waals surface area contributed by atoms with Gasteiger partial charge in [-0.2, -0.15) is 19.0 Å². The van der Waals surface area contributed by atoms with Gasteiger partial charge in [0.1, 0.15) is 40.4 Å². The Hall–Kier alpha value is -5.44. The van der Waals surface area contributed by atoms with Crippen molar-refractivity contribution in [1.82, 2.24) is 29.4 Å². The van der Waals surface area contributed by atoms with Crippen LogP contribution in [0, 0.1) is 29.4 Å². The molecule has 0 radical (unpaired) electrons. The van der Waals surface area contributed by atoms with Gasteiger partial charge in [-0.15, -0.1) is 0 Å². The highest BCUT2D eigenvalue weighted by Crippen LogP contribution is 2.68. The van der Waals surface area contributed by atoms with Crippen LogP contribution >= 0.6 is 11.6 Å². The number of rotatable bonds is 11. The number of likely N-dealkylation sites (N-methyl/N-ethyl adjacent to an activating group) is 1. The lowest BCUT2D eigenvalue weighted by atomic mass is 9.84. The van der Waals surface area contributed by atoms with Gasteiger partial charge in [0.05, 0.1) is 28.2 Å². The predicted molar refractivity (Wildman–Crippen MR) is 202 cm³/mol. The summed E-state index contributed by atoms with van der Waals surface area (Å²) in [5, 5.41) is 22.1.